The van der Waals surface area contributed by atoms with E-state index in [2.05, 4.69) is 31.1 Å². The van der Waals surface area contributed by atoms with Gasteiger partial charge in [-0.3, -0.25) is 14.9 Å². The quantitative estimate of drug-likeness (QED) is 0.367. The molecule has 2 N–H and O–H groups in total. The molecule has 2 aromatic heterocycles. The first kappa shape index (κ1) is 22.4. The number of carbonyl (C=O) groups excluding carboxylic acids is 2. The molecule has 2 heterocycles. The van der Waals surface area contributed by atoms with Crippen molar-refractivity contribution in [2.24, 2.45) is 7.05 Å². The van der Waals surface area contributed by atoms with E-state index >= 15 is 0 Å². The van der Waals surface area contributed by atoms with Crippen LogP contribution in [0, 0.1) is 0 Å². The lowest BCUT2D eigenvalue weighted by Gasteiger charge is -2.06. The number of aryl methyl sites for hydroxylation is 1. The molecule has 4 rings (SSSR count). The molecule has 0 aliphatic rings. The Labute approximate surface area is 197 Å². The Hall–Kier alpha value is -3.77. The highest BCUT2D eigenvalue weighted by molar-refractivity contribution is 7.99. The number of thiazole rings is 1. The number of rotatable bonds is 8. The molecular weight excluding hydrogens is 462 g/mol. The van der Waals surface area contributed by atoms with Crippen LogP contribution in [0.3, 0.4) is 0 Å². The zero-order valence-electron chi connectivity index (χ0n) is 17.7. The summed E-state index contributed by atoms with van der Waals surface area (Å²) in [6.45, 7) is 0. The average Bonchev–Trinajstić information content (AvgIpc) is 3.47. The van der Waals surface area contributed by atoms with Crippen LogP contribution in [0.15, 0.2) is 59.1 Å². The molecule has 2 amide bonds. The summed E-state index contributed by atoms with van der Waals surface area (Å²) in [6.07, 6.45) is 0. The number of hydrogen-bond donors (Lipinski definition) is 2. The van der Waals surface area contributed by atoms with Gasteiger partial charge < -0.3 is 10.1 Å². The van der Waals surface area contributed by atoms with Crippen LogP contribution in [0.4, 0.5) is 10.8 Å². The summed E-state index contributed by atoms with van der Waals surface area (Å²) in [4.78, 5) is 29.2. The molecule has 0 saturated carbocycles. The van der Waals surface area contributed by atoms with E-state index in [0.717, 1.165) is 17.0 Å². The fourth-order valence-electron chi connectivity index (χ4n) is 2.77. The minimum atomic E-state index is -0.283. The second-order valence-electron chi connectivity index (χ2n) is 6.72. The highest BCUT2D eigenvalue weighted by Crippen LogP contribution is 2.27. The van der Waals surface area contributed by atoms with E-state index in [-0.39, 0.29) is 17.6 Å². The highest BCUT2D eigenvalue weighted by atomic mass is 32.2. The summed E-state index contributed by atoms with van der Waals surface area (Å²) in [7, 11) is 3.32. The van der Waals surface area contributed by atoms with Crippen molar-refractivity contribution in [2.75, 3.05) is 23.5 Å². The Morgan fingerprint density at radius 2 is 1.85 bits per heavy atom. The molecule has 33 heavy (non-hydrogen) atoms. The van der Waals surface area contributed by atoms with Crippen molar-refractivity contribution in [3.8, 4) is 17.0 Å². The van der Waals surface area contributed by atoms with E-state index in [4.69, 9.17) is 4.74 Å². The van der Waals surface area contributed by atoms with Gasteiger partial charge in [0, 0.05) is 29.2 Å². The largest absolute Gasteiger partial charge is 0.497 e. The van der Waals surface area contributed by atoms with Gasteiger partial charge in [-0.25, -0.2) is 9.67 Å². The number of hydrogen-bond acceptors (Lipinski definition) is 9. The van der Waals surface area contributed by atoms with Crippen molar-refractivity contribution in [2.45, 2.75) is 5.16 Å². The first-order valence-electron chi connectivity index (χ1n) is 9.68. The van der Waals surface area contributed by atoms with E-state index in [9.17, 15) is 9.59 Å². The molecule has 0 atom stereocenters. The van der Waals surface area contributed by atoms with Gasteiger partial charge in [0.05, 0.1) is 18.6 Å². The van der Waals surface area contributed by atoms with Crippen molar-refractivity contribution >= 4 is 45.7 Å². The van der Waals surface area contributed by atoms with Crippen LogP contribution < -0.4 is 15.4 Å². The van der Waals surface area contributed by atoms with Gasteiger partial charge in [0.2, 0.25) is 11.1 Å². The van der Waals surface area contributed by atoms with Gasteiger partial charge in [0.25, 0.3) is 5.91 Å². The fourth-order valence-corrected chi connectivity index (χ4v) is 4.14. The lowest BCUT2D eigenvalue weighted by Crippen LogP contribution is -2.15. The SMILES string of the molecule is COc1ccc(-c2csc(NC(=O)c3ccc(NC(=O)CSc4nnnn4C)cc3)n2)cc1. The second-order valence-corrected chi connectivity index (χ2v) is 8.52. The number of amides is 2. The maximum absolute atomic E-state index is 12.6. The average molecular weight is 482 g/mol. The second kappa shape index (κ2) is 10.2. The van der Waals surface area contributed by atoms with Crippen LogP contribution in [0.1, 0.15) is 10.4 Å². The number of nitrogens with zero attached hydrogens (tertiary/aromatic N) is 5. The summed E-state index contributed by atoms with van der Waals surface area (Å²) >= 11 is 2.58. The van der Waals surface area contributed by atoms with Crippen molar-refractivity contribution in [3.05, 3.63) is 59.5 Å². The summed E-state index contributed by atoms with van der Waals surface area (Å²) in [5.41, 5.74) is 2.74. The van der Waals surface area contributed by atoms with E-state index in [1.165, 1.54) is 27.8 Å². The van der Waals surface area contributed by atoms with Crippen LogP contribution in [0.25, 0.3) is 11.3 Å². The predicted molar refractivity (Wildman–Crippen MR) is 127 cm³/mol. The number of tetrazole rings is 1. The van der Waals surface area contributed by atoms with E-state index in [0.29, 0.717) is 21.5 Å². The molecule has 4 aromatic rings. The molecule has 0 saturated heterocycles. The normalized spacial score (nSPS) is 10.6. The molecule has 2 aromatic carbocycles. The van der Waals surface area contributed by atoms with Gasteiger partial charge in [-0.15, -0.1) is 16.4 Å². The molecule has 0 radical (unpaired) electrons. The topological polar surface area (TPSA) is 124 Å². The van der Waals surface area contributed by atoms with Crippen LogP contribution >= 0.6 is 23.1 Å². The maximum Gasteiger partial charge on any atom is 0.257 e. The van der Waals surface area contributed by atoms with Crippen molar-refractivity contribution in [1.82, 2.24) is 25.2 Å². The van der Waals surface area contributed by atoms with Crippen molar-refractivity contribution in [1.29, 1.82) is 0 Å². The number of aromatic nitrogens is 5. The Balaban J connectivity index is 1.31. The summed E-state index contributed by atoms with van der Waals surface area (Å²) in [5, 5.41) is 19.6. The Morgan fingerprint density at radius 1 is 1.09 bits per heavy atom. The molecule has 0 aliphatic heterocycles. The maximum atomic E-state index is 12.6. The summed E-state index contributed by atoms with van der Waals surface area (Å²) in [5.74, 6) is 0.448. The first-order valence-corrected chi connectivity index (χ1v) is 11.5. The third-order valence-corrected chi connectivity index (χ3v) is 6.22. The molecule has 0 aliphatic carbocycles. The van der Waals surface area contributed by atoms with Crippen LogP contribution in [-0.2, 0) is 11.8 Å². The van der Waals surface area contributed by atoms with Gasteiger partial charge >= 0.3 is 0 Å². The van der Waals surface area contributed by atoms with Crippen LogP contribution in [0.5, 0.6) is 5.75 Å². The van der Waals surface area contributed by atoms with E-state index < -0.39 is 0 Å². The molecular formula is C21H19N7O3S2. The van der Waals surface area contributed by atoms with Crippen LogP contribution in [0.2, 0.25) is 0 Å². The minimum Gasteiger partial charge on any atom is -0.497 e. The number of anilines is 2. The number of methoxy groups -OCH3 is 1. The van der Waals surface area contributed by atoms with Gasteiger partial charge in [-0.1, -0.05) is 11.8 Å². The Bertz CT molecular complexity index is 1250. The monoisotopic (exact) mass is 481 g/mol. The van der Waals surface area contributed by atoms with E-state index in [1.54, 1.807) is 38.4 Å². The molecule has 0 bridgehead atoms. The molecule has 0 fully saturated rings. The zero-order valence-corrected chi connectivity index (χ0v) is 19.3. The van der Waals surface area contributed by atoms with Crippen molar-refractivity contribution in [3.63, 3.8) is 0 Å². The van der Waals surface area contributed by atoms with Gasteiger partial charge in [-0.2, -0.15) is 0 Å². The lowest BCUT2D eigenvalue weighted by atomic mass is 10.2. The molecule has 168 valence electrons. The zero-order chi connectivity index (χ0) is 23.2. The summed E-state index contributed by atoms with van der Waals surface area (Å²) in [6, 6.07) is 14.2. The molecule has 10 nitrogen and oxygen atoms in total. The number of thioether (sulfide) groups is 1. The summed E-state index contributed by atoms with van der Waals surface area (Å²) < 4.78 is 6.66. The first-order chi connectivity index (χ1) is 16.0. The number of carbonyl (C=O) groups is 2. The highest BCUT2D eigenvalue weighted by Gasteiger charge is 2.12. The van der Waals surface area contributed by atoms with Crippen molar-refractivity contribution < 1.29 is 14.3 Å². The number of benzene rings is 2. The third kappa shape index (κ3) is 5.73. The molecule has 12 heteroatoms. The molecule has 0 unspecified atom stereocenters. The minimum absolute atomic E-state index is 0.164. The Morgan fingerprint density at radius 3 is 2.52 bits per heavy atom. The van der Waals surface area contributed by atoms with Gasteiger partial charge in [0.15, 0.2) is 5.13 Å². The van der Waals surface area contributed by atoms with Gasteiger partial charge in [-0.05, 0) is 59.0 Å². The predicted octanol–water partition coefficient (Wildman–Crippen LogP) is 3.33. The van der Waals surface area contributed by atoms with E-state index in [1.807, 2.05) is 29.6 Å². The molecule has 0 spiro atoms. The Kier molecular flexibility index (Phi) is 6.95. The third-order valence-electron chi connectivity index (χ3n) is 4.45. The number of nitrogens with one attached hydrogen (secondary N) is 2. The van der Waals surface area contributed by atoms with Crippen LogP contribution in [-0.4, -0.2) is 49.9 Å². The number of ether oxygens (including phenoxy) is 1. The van der Waals surface area contributed by atoms with Gasteiger partial charge in [0.1, 0.15) is 5.75 Å². The standard InChI is InChI=1S/C21H19N7O3S2/c1-28-21(25-26-27-28)33-12-18(29)22-15-7-3-14(4-8-15)19(30)24-20-23-17(11-32-20)13-5-9-16(31-2)10-6-13/h3-11H,12H2,1-2H3,(H,22,29)(H,23,24,30). The fraction of sp³-hybridized carbons (Fsp3) is 0.143. The smallest absolute Gasteiger partial charge is 0.257 e. The lowest BCUT2D eigenvalue weighted by molar-refractivity contribution is -0.113.